The Balaban J connectivity index is 2.19. The molecule has 114 valence electrons. The molecule has 1 aliphatic carbocycles. The average molecular weight is 307 g/mol. The number of hydrogen-bond donors (Lipinski definition) is 0. The van der Waals surface area contributed by atoms with Gasteiger partial charge in [-0.15, -0.1) is 10.2 Å². The molecule has 1 saturated carbocycles. The van der Waals surface area contributed by atoms with Crippen LogP contribution in [-0.4, -0.2) is 19.8 Å². The highest BCUT2D eigenvalue weighted by atomic mass is 35.5. The maximum absolute atomic E-state index is 6.29. The number of rotatable bonds is 3. The van der Waals surface area contributed by atoms with E-state index in [-0.39, 0.29) is 5.41 Å². The van der Waals surface area contributed by atoms with E-state index >= 15 is 0 Å². The quantitative estimate of drug-likeness (QED) is 0.851. The van der Waals surface area contributed by atoms with E-state index in [1.54, 1.807) is 0 Å². The van der Waals surface area contributed by atoms with Crippen LogP contribution in [0.25, 0.3) is 5.65 Å². The van der Waals surface area contributed by atoms with Gasteiger partial charge in [0.05, 0.1) is 0 Å². The van der Waals surface area contributed by atoms with Crippen molar-refractivity contribution >= 4 is 17.2 Å². The fourth-order valence-electron chi connectivity index (χ4n) is 3.78. The van der Waals surface area contributed by atoms with Crippen molar-refractivity contribution in [3.63, 3.8) is 0 Å². The first-order valence-corrected chi connectivity index (χ1v) is 8.21. The SMILES string of the molecule is Cc1c(Cl)nn2c(C3(CC(C)C)CCCC3)nnc2c1C. The molecule has 0 unspecified atom stereocenters. The molecule has 21 heavy (non-hydrogen) atoms. The van der Waals surface area contributed by atoms with Crippen LogP contribution in [0.2, 0.25) is 5.15 Å². The highest BCUT2D eigenvalue weighted by Crippen LogP contribution is 2.45. The van der Waals surface area contributed by atoms with Gasteiger partial charge in [-0.1, -0.05) is 38.3 Å². The van der Waals surface area contributed by atoms with Gasteiger partial charge in [0.1, 0.15) is 0 Å². The summed E-state index contributed by atoms with van der Waals surface area (Å²) in [5, 5.41) is 14.1. The molecule has 4 nitrogen and oxygen atoms in total. The highest BCUT2D eigenvalue weighted by molar-refractivity contribution is 6.30. The zero-order chi connectivity index (χ0) is 15.2. The Labute approximate surface area is 130 Å². The third-order valence-corrected chi connectivity index (χ3v) is 5.23. The van der Waals surface area contributed by atoms with Gasteiger partial charge in [0, 0.05) is 11.0 Å². The first-order valence-electron chi connectivity index (χ1n) is 7.83. The van der Waals surface area contributed by atoms with E-state index in [4.69, 9.17) is 11.6 Å². The summed E-state index contributed by atoms with van der Waals surface area (Å²) in [4.78, 5) is 0. The van der Waals surface area contributed by atoms with Crippen LogP contribution in [0, 0.1) is 19.8 Å². The zero-order valence-electron chi connectivity index (χ0n) is 13.3. The minimum atomic E-state index is 0.117. The van der Waals surface area contributed by atoms with Gasteiger partial charge < -0.3 is 0 Å². The molecule has 2 heterocycles. The fraction of sp³-hybridized carbons (Fsp3) is 0.688. The van der Waals surface area contributed by atoms with Crippen molar-refractivity contribution < 1.29 is 0 Å². The lowest BCUT2D eigenvalue weighted by Gasteiger charge is -2.28. The third kappa shape index (κ3) is 2.33. The number of halogens is 1. The Bertz CT molecular complexity index is 668. The topological polar surface area (TPSA) is 43.1 Å². The van der Waals surface area contributed by atoms with Gasteiger partial charge in [0.15, 0.2) is 16.6 Å². The fourth-order valence-corrected chi connectivity index (χ4v) is 3.99. The molecule has 0 aliphatic heterocycles. The van der Waals surface area contributed by atoms with Crippen molar-refractivity contribution in [3.8, 4) is 0 Å². The van der Waals surface area contributed by atoms with E-state index < -0.39 is 0 Å². The molecule has 0 bridgehead atoms. The minimum Gasteiger partial charge on any atom is -0.195 e. The maximum Gasteiger partial charge on any atom is 0.181 e. The molecular formula is C16H23ClN4. The third-order valence-electron chi connectivity index (χ3n) is 4.87. The summed E-state index contributed by atoms with van der Waals surface area (Å²) in [6.07, 6.45) is 6.02. The van der Waals surface area contributed by atoms with E-state index in [0.29, 0.717) is 11.1 Å². The highest BCUT2D eigenvalue weighted by Gasteiger charge is 2.40. The Kier molecular flexibility index (Phi) is 3.68. The van der Waals surface area contributed by atoms with Gasteiger partial charge in [-0.3, -0.25) is 0 Å². The number of aryl methyl sites for hydroxylation is 1. The molecule has 0 saturated heterocycles. The van der Waals surface area contributed by atoms with E-state index in [9.17, 15) is 0 Å². The summed E-state index contributed by atoms with van der Waals surface area (Å²) in [6, 6.07) is 0. The summed E-state index contributed by atoms with van der Waals surface area (Å²) < 4.78 is 1.90. The number of aromatic nitrogens is 4. The van der Waals surface area contributed by atoms with Gasteiger partial charge in [0.25, 0.3) is 0 Å². The molecule has 5 heteroatoms. The molecule has 3 rings (SSSR count). The normalized spacial score (nSPS) is 18.0. The van der Waals surface area contributed by atoms with Crippen molar-refractivity contribution in [3.05, 3.63) is 22.1 Å². The number of nitrogens with zero attached hydrogens (tertiary/aromatic N) is 4. The lowest BCUT2D eigenvalue weighted by atomic mass is 9.78. The van der Waals surface area contributed by atoms with E-state index in [2.05, 4.69) is 29.1 Å². The van der Waals surface area contributed by atoms with Crippen LogP contribution in [0.1, 0.15) is 62.9 Å². The first-order chi connectivity index (χ1) is 9.94. The van der Waals surface area contributed by atoms with Crippen molar-refractivity contribution in [2.24, 2.45) is 5.92 Å². The second kappa shape index (κ2) is 5.24. The molecule has 1 aliphatic rings. The molecule has 0 N–H and O–H groups in total. The van der Waals surface area contributed by atoms with Gasteiger partial charge >= 0.3 is 0 Å². The standard InChI is InChI=1S/C16H23ClN4/c1-10(2)9-16(7-5-6-8-16)15-19-18-14-12(4)11(3)13(17)20-21(14)15/h10H,5-9H2,1-4H3. The number of hydrogen-bond acceptors (Lipinski definition) is 3. The van der Waals surface area contributed by atoms with Crippen LogP contribution < -0.4 is 0 Å². The van der Waals surface area contributed by atoms with Crippen LogP contribution >= 0.6 is 11.6 Å². The van der Waals surface area contributed by atoms with Crippen molar-refractivity contribution in [1.29, 1.82) is 0 Å². The van der Waals surface area contributed by atoms with Gasteiger partial charge in [0.2, 0.25) is 0 Å². The average Bonchev–Trinajstić information content (AvgIpc) is 3.03. The van der Waals surface area contributed by atoms with Crippen LogP contribution in [0.5, 0.6) is 0 Å². The van der Waals surface area contributed by atoms with Crippen LogP contribution in [0.3, 0.4) is 0 Å². The molecule has 2 aromatic heterocycles. The molecule has 0 atom stereocenters. The predicted octanol–water partition coefficient (Wildman–Crippen LogP) is 4.25. The first kappa shape index (κ1) is 14.8. The van der Waals surface area contributed by atoms with E-state index in [0.717, 1.165) is 29.0 Å². The van der Waals surface area contributed by atoms with Crippen molar-refractivity contribution in [2.75, 3.05) is 0 Å². The van der Waals surface area contributed by atoms with Crippen LogP contribution in [0.4, 0.5) is 0 Å². The number of fused-ring (bicyclic) bond motifs is 1. The van der Waals surface area contributed by atoms with E-state index in [1.807, 2.05) is 18.4 Å². The second-order valence-electron chi connectivity index (χ2n) is 6.89. The summed E-state index contributed by atoms with van der Waals surface area (Å²) in [5.41, 5.74) is 3.03. The van der Waals surface area contributed by atoms with E-state index in [1.165, 1.54) is 25.7 Å². The minimum absolute atomic E-state index is 0.117. The molecule has 0 spiro atoms. The summed E-state index contributed by atoms with van der Waals surface area (Å²) in [7, 11) is 0. The predicted molar refractivity (Wildman–Crippen MR) is 84.9 cm³/mol. The Morgan fingerprint density at radius 1 is 1.14 bits per heavy atom. The summed E-state index contributed by atoms with van der Waals surface area (Å²) in [6.45, 7) is 8.58. The lowest BCUT2D eigenvalue weighted by molar-refractivity contribution is 0.323. The maximum atomic E-state index is 6.29. The van der Waals surface area contributed by atoms with Gasteiger partial charge in [-0.2, -0.15) is 9.61 Å². The second-order valence-corrected chi connectivity index (χ2v) is 7.24. The summed E-state index contributed by atoms with van der Waals surface area (Å²) >= 11 is 6.29. The Morgan fingerprint density at radius 3 is 2.43 bits per heavy atom. The molecule has 0 radical (unpaired) electrons. The lowest BCUT2D eigenvalue weighted by Crippen LogP contribution is -2.28. The zero-order valence-corrected chi connectivity index (χ0v) is 14.0. The van der Waals surface area contributed by atoms with Gasteiger partial charge in [-0.05, 0) is 44.6 Å². The Morgan fingerprint density at radius 2 is 1.81 bits per heavy atom. The van der Waals surface area contributed by atoms with Gasteiger partial charge in [-0.25, -0.2) is 0 Å². The van der Waals surface area contributed by atoms with Crippen molar-refractivity contribution in [1.82, 2.24) is 19.8 Å². The molecule has 2 aromatic rings. The van der Waals surface area contributed by atoms with Crippen LogP contribution in [-0.2, 0) is 5.41 Å². The van der Waals surface area contributed by atoms with Crippen molar-refractivity contribution in [2.45, 2.75) is 65.2 Å². The van der Waals surface area contributed by atoms with Crippen LogP contribution in [0.15, 0.2) is 0 Å². The Hall–Kier alpha value is -1.16. The monoisotopic (exact) mass is 306 g/mol. The molecule has 0 amide bonds. The molecule has 0 aromatic carbocycles. The summed E-state index contributed by atoms with van der Waals surface area (Å²) in [5.74, 6) is 1.64. The smallest absolute Gasteiger partial charge is 0.181 e. The molecular weight excluding hydrogens is 284 g/mol. The largest absolute Gasteiger partial charge is 0.195 e. The molecule has 1 fully saturated rings.